The van der Waals surface area contributed by atoms with E-state index in [2.05, 4.69) is 15.3 Å². The highest BCUT2D eigenvalue weighted by Gasteiger charge is 2.22. The van der Waals surface area contributed by atoms with Gasteiger partial charge in [-0.2, -0.15) is 4.98 Å². The maximum atomic E-state index is 14.6. The Morgan fingerprint density at radius 1 is 1.13 bits per heavy atom. The molecule has 0 amide bonds. The van der Waals surface area contributed by atoms with Crippen LogP contribution in [0.2, 0.25) is 10.0 Å². The van der Waals surface area contributed by atoms with Crippen LogP contribution in [0, 0.1) is 5.82 Å². The van der Waals surface area contributed by atoms with Crippen LogP contribution < -0.4 is 5.32 Å². The number of hydrogen-bond acceptors (Lipinski definition) is 6. The molecule has 1 N–H and O–H groups in total. The average Bonchev–Trinajstić information content (AvgIpc) is 3.14. The third kappa shape index (κ3) is 4.08. The number of methoxy groups -OCH3 is 1. The molecule has 2 aromatic carbocycles. The van der Waals surface area contributed by atoms with Crippen LogP contribution in [-0.4, -0.2) is 23.0 Å². The Balaban J connectivity index is 1.74. The van der Waals surface area contributed by atoms with Crippen LogP contribution in [0.5, 0.6) is 0 Å². The van der Waals surface area contributed by atoms with Crippen molar-refractivity contribution < 1.29 is 18.3 Å². The zero-order valence-electron chi connectivity index (χ0n) is 15.5. The summed E-state index contributed by atoms with van der Waals surface area (Å²) in [5.41, 5.74) is 2.03. The minimum atomic E-state index is -0.729. The number of rotatable bonds is 5. The van der Waals surface area contributed by atoms with Crippen LogP contribution in [0.1, 0.15) is 27.7 Å². The standard InChI is InChI=1S/C21H14Cl2FN3O3/c1-29-20(28)12-4-7-17-16(8-12)26-21(30-17)27-18(11-2-5-13(22)6-3-11)19-15(24)9-14(23)10-25-19/h2-10,18H,1H3,(H,26,27)/t18-/m0/s1. The summed E-state index contributed by atoms with van der Waals surface area (Å²) in [5.74, 6) is -1.07. The third-order valence-corrected chi connectivity index (χ3v) is 4.85. The van der Waals surface area contributed by atoms with Crippen molar-refractivity contribution in [3.8, 4) is 0 Å². The molecular formula is C21H14Cl2FN3O3. The summed E-state index contributed by atoms with van der Waals surface area (Å²) in [5, 5.41) is 3.79. The Morgan fingerprint density at radius 3 is 2.60 bits per heavy atom. The number of nitrogens with zero attached hydrogens (tertiary/aromatic N) is 2. The number of carbonyl (C=O) groups excluding carboxylic acids is 1. The molecule has 0 fully saturated rings. The zero-order valence-corrected chi connectivity index (χ0v) is 17.0. The second-order valence-electron chi connectivity index (χ2n) is 6.34. The number of esters is 1. The number of ether oxygens (including phenoxy) is 1. The summed E-state index contributed by atoms with van der Waals surface area (Å²) in [4.78, 5) is 20.2. The minimum absolute atomic E-state index is 0.110. The normalized spacial score (nSPS) is 12.0. The zero-order chi connectivity index (χ0) is 21.3. The number of anilines is 1. The predicted molar refractivity (Wildman–Crippen MR) is 111 cm³/mol. The molecule has 6 nitrogen and oxygen atoms in total. The third-order valence-electron chi connectivity index (χ3n) is 4.39. The van der Waals surface area contributed by atoms with Crippen molar-refractivity contribution in [2.45, 2.75) is 6.04 Å². The largest absolute Gasteiger partial charge is 0.465 e. The fourth-order valence-electron chi connectivity index (χ4n) is 2.96. The summed E-state index contributed by atoms with van der Waals surface area (Å²) in [6, 6.07) is 12.2. The molecule has 1 atom stereocenters. The lowest BCUT2D eigenvalue weighted by molar-refractivity contribution is 0.0601. The first-order chi connectivity index (χ1) is 14.4. The van der Waals surface area contributed by atoms with Gasteiger partial charge in [0.1, 0.15) is 23.1 Å². The van der Waals surface area contributed by atoms with Gasteiger partial charge in [0.25, 0.3) is 6.01 Å². The molecule has 0 aliphatic rings. The monoisotopic (exact) mass is 445 g/mol. The van der Waals surface area contributed by atoms with Gasteiger partial charge in [-0.3, -0.25) is 4.98 Å². The quantitative estimate of drug-likeness (QED) is 0.399. The van der Waals surface area contributed by atoms with Crippen LogP contribution in [0.3, 0.4) is 0 Å². The van der Waals surface area contributed by atoms with Crippen molar-refractivity contribution in [1.82, 2.24) is 9.97 Å². The number of aromatic nitrogens is 2. The molecule has 0 radical (unpaired) electrons. The van der Waals surface area contributed by atoms with Crippen molar-refractivity contribution in [2.75, 3.05) is 12.4 Å². The van der Waals surface area contributed by atoms with Crippen molar-refractivity contribution in [3.63, 3.8) is 0 Å². The Bertz CT molecular complexity index is 1230. The van der Waals surface area contributed by atoms with Crippen LogP contribution in [0.25, 0.3) is 11.1 Å². The number of oxazole rings is 1. The lowest BCUT2D eigenvalue weighted by Crippen LogP contribution is -2.16. The Labute approximate surface area is 180 Å². The molecule has 0 aliphatic heterocycles. The molecule has 0 bridgehead atoms. The van der Waals surface area contributed by atoms with Gasteiger partial charge in [-0.25, -0.2) is 9.18 Å². The van der Waals surface area contributed by atoms with Gasteiger partial charge >= 0.3 is 5.97 Å². The molecule has 0 spiro atoms. The van der Waals surface area contributed by atoms with Crippen molar-refractivity contribution in [1.29, 1.82) is 0 Å². The first-order valence-corrected chi connectivity index (χ1v) is 9.52. The maximum Gasteiger partial charge on any atom is 0.337 e. The van der Waals surface area contributed by atoms with Gasteiger partial charge in [0.05, 0.1) is 17.7 Å². The lowest BCUT2D eigenvalue weighted by atomic mass is 10.0. The number of nitrogens with one attached hydrogen (secondary N) is 1. The van der Waals surface area contributed by atoms with Gasteiger partial charge in [0, 0.05) is 11.2 Å². The first kappa shape index (κ1) is 20.1. The number of fused-ring (bicyclic) bond motifs is 1. The van der Waals surface area contributed by atoms with E-state index < -0.39 is 17.8 Å². The summed E-state index contributed by atoms with van der Waals surface area (Å²) in [7, 11) is 1.30. The molecule has 0 saturated carbocycles. The highest BCUT2D eigenvalue weighted by Crippen LogP contribution is 2.30. The van der Waals surface area contributed by atoms with Crippen molar-refractivity contribution in [2.24, 2.45) is 0 Å². The van der Waals surface area contributed by atoms with Crippen LogP contribution in [-0.2, 0) is 4.74 Å². The van der Waals surface area contributed by atoms with Crippen LogP contribution in [0.4, 0.5) is 10.4 Å². The van der Waals surface area contributed by atoms with Gasteiger partial charge in [-0.15, -0.1) is 0 Å². The summed E-state index contributed by atoms with van der Waals surface area (Å²) < 4.78 is 25.1. The number of carbonyl (C=O) groups is 1. The predicted octanol–water partition coefficient (Wildman–Crippen LogP) is 5.66. The molecular weight excluding hydrogens is 432 g/mol. The molecule has 4 rings (SSSR count). The Kier molecular flexibility index (Phi) is 5.57. The number of pyridine rings is 1. The fourth-order valence-corrected chi connectivity index (χ4v) is 3.23. The van der Waals surface area contributed by atoms with Gasteiger partial charge in [-0.1, -0.05) is 35.3 Å². The fraction of sp³-hybridized carbons (Fsp3) is 0.0952. The number of halogens is 3. The molecule has 0 aliphatic carbocycles. The summed E-state index contributed by atoms with van der Waals surface area (Å²) in [6.45, 7) is 0. The Hall–Kier alpha value is -3.16. The molecule has 152 valence electrons. The van der Waals surface area contributed by atoms with Crippen LogP contribution in [0.15, 0.2) is 59.1 Å². The summed E-state index contributed by atoms with van der Waals surface area (Å²) in [6.07, 6.45) is 1.36. The molecule has 30 heavy (non-hydrogen) atoms. The van der Waals surface area contributed by atoms with Crippen LogP contribution >= 0.6 is 23.2 Å². The van der Waals surface area contributed by atoms with Crippen molar-refractivity contribution >= 4 is 46.3 Å². The SMILES string of the molecule is COC(=O)c1ccc2oc(N[C@@H](c3ccc(Cl)cc3)c3ncc(Cl)cc3F)nc2c1. The Morgan fingerprint density at radius 2 is 1.90 bits per heavy atom. The highest BCUT2D eigenvalue weighted by molar-refractivity contribution is 6.30. The molecule has 4 aromatic rings. The first-order valence-electron chi connectivity index (χ1n) is 8.76. The van der Waals surface area contributed by atoms with E-state index in [1.807, 2.05) is 0 Å². The number of benzene rings is 2. The second-order valence-corrected chi connectivity index (χ2v) is 7.22. The smallest absolute Gasteiger partial charge is 0.337 e. The molecule has 0 unspecified atom stereocenters. The van der Waals surface area contributed by atoms with Gasteiger partial charge in [0.2, 0.25) is 0 Å². The van der Waals surface area contributed by atoms with E-state index in [0.29, 0.717) is 27.2 Å². The number of hydrogen-bond donors (Lipinski definition) is 1. The minimum Gasteiger partial charge on any atom is -0.465 e. The topological polar surface area (TPSA) is 77.2 Å². The van der Waals surface area contributed by atoms with E-state index in [9.17, 15) is 9.18 Å². The molecule has 2 aromatic heterocycles. The van der Waals surface area contributed by atoms with E-state index in [1.165, 1.54) is 19.4 Å². The molecule has 2 heterocycles. The molecule has 0 saturated heterocycles. The summed E-state index contributed by atoms with van der Waals surface area (Å²) >= 11 is 11.8. The van der Waals surface area contributed by atoms with Crippen molar-refractivity contribution in [3.05, 3.63) is 87.4 Å². The highest BCUT2D eigenvalue weighted by atomic mass is 35.5. The van der Waals surface area contributed by atoms with E-state index in [1.54, 1.807) is 42.5 Å². The molecule has 9 heteroatoms. The second kappa shape index (κ2) is 8.30. The van der Waals surface area contributed by atoms with Gasteiger partial charge < -0.3 is 14.5 Å². The van der Waals surface area contributed by atoms with E-state index >= 15 is 0 Å². The lowest BCUT2D eigenvalue weighted by Gasteiger charge is -2.18. The van der Waals surface area contributed by atoms with Gasteiger partial charge in [-0.05, 0) is 42.0 Å². The van der Waals surface area contributed by atoms with E-state index in [4.69, 9.17) is 32.4 Å². The van der Waals surface area contributed by atoms with E-state index in [0.717, 1.165) is 0 Å². The van der Waals surface area contributed by atoms with E-state index in [-0.39, 0.29) is 16.7 Å². The maximum absolute atomic E-state index is 14.6. The average molecular weight is 446 g/mol. The van der Waals surface area contributed by atoms with Gasteiger partial charge in [0.15, 0.2) is 5.58 Å².